The molecule has 2 heterocycles. The third-order valence-electron chi connectivity index (χ3n) is 4.87. The first kappa shape index (κ1) is 17.1. The van der Waals surface area contributed by atoms with E-state index in [2.05, 4.69) is 30.0 Å². The van der Waals surface area contributed by atoms with Gasteiger partial charge >= 0.3 is 0 Å². The lowest BCUT2D eigenvalue weighted by Crippen LogP contribution is -2.45. The zero-order chi connectivity index (χ0) is 17.8. The van der Waals surface area contributed by atoms with Crippen molar-refractivity contribution in [3.05, 3.63) is 65.5 Å². The summed E-state index contributed by atoms with van der Waals surface area (Å²) in [7, 11) is 4.13. The van der Waals surface area contributed by atoms with Gasteiger partial charge in [0.15, 0.2) is 0 Å². The molecule has 1 aliphatic heterocycles. The van der Waals surface area contributed by atoms with Gasteiger partial charge in [-0.05, 0) is 62.8 Å². The average Bonchev–Trinajstić information content (AvgIpc) is 3.05. The molecule has 1 aromatic carbocycles. The molecule has 0 radical (unpaired) electrons. The highest BCUT2D eigenvalue weighted by Crippen LogP contribution is 2.26. The van der Waals surface area contributed by atoms with Crippen LogP contribution in [0.25, 0.3) is 0 Å². The van der Waals surface area contributed by atoms with Gasteiger partial charge in [-0.3, -0.25) is 9.78 Å². The van der Waals surface area contributed by atoms with Crippen molar-refractivity contribution in [2.24, 2.45) is 0 Å². The molecule has 0 aliphatic carbocycles. The van der Waals surface area contributed by atoms with E-state index in [-0.39, 0.29) is 11.9 Å². The summed E-state index contributed by atoms with van der Waals surface area (Å²) >= 11 is 0. The molecule has 1 fully saturated rings. The second-order valence-electron chi connectivity index (χ2n) is 6.64. The first-order valence-electron chi connectivity index (χ1n) is 8.46. The predicted molar refractivity (Wildman–Crippen MR) is 96.0 cm³/mol. The van der Waals surface area contributed by atoms with E-state index in [1.165, 1.54) is 5.56 Å². The van der Waals surface area contributed by atoms with Crippen LogP contribution in [-0.4, -0.2) is 53.4 Å². The van der Waals surface area contributed by atoms with Gasteiger partial charge in [-0.2, -0.15) is 5.26 Å². The molecule has 0 bridgehead atoms. The highest BCUT2D eigenvalue weighted by Gasteiger charge is 2.38. The number of hydrogen-bond acceptors (Lipinski definition) is 4. The van der Waals surface area contributed by atoms with Crippen molar-refractivity contribution < 1.29 is 4.79 Å². The summed E-state index contributed by atoms with van der Waals surface area (Å²) in [5, 5.41) is 9.08. The van der Waals surface area contributed by atoms with Crippen LogP contribution in [0, 0.1) is 11.3 Å². The van der Waals surface area contributed by atoms with Crippen LogP contribution in [0.1, 0.15) is 27.9 Å². The van der Waals surface area contributed by atoms with Gasteiger partial charge in [0.25, 0.3) is 5.91 Å². The molecule has 128 valence electrons. The highest BCUT2D eigenvalue weighted by atomic mass is 16.2. The summed E-state index contributed by atoms with van der Waals surface area (Å²) < 4.78 is 0. The van der Waals surface area contributed by atoms with Crippen LogP contribution >= 0.6 is 0 Å². The van der Waals surface area contributed by atoms with Crippen LogP contribution < -0.4 is 0 Å². The Balaban J connectivity index is 1.87. The van der Waals surface area contributed by atoms with Crippen molar-refractivity contribution in [2.45, 2.75) is 24.9 Å². The van der Waals surface area contributed by atoms with Crippen LogP contribution in [0.2, 0.25) is 0 Å². The lowest BCUT2D eigenvalue weighted by molar-refractivity contribution is 0.0704. The number of nitriles is 1. The van der Waals surface area contributed by atoms with Crippen LogP contribution in [0.3, 0.4) is 0 Å². The molecule has 3 rings (SSSR count). The normalized spacial score (nSPS) is 19.8. The fourth-order valence-corrected chi connectivity index (χ4v) is 3.59. The predicted octanol–water partition coefficient (Wildman–Crippen LogP) is 2.34. The van der Waals surface area contributed by atoms with E-state index in [1.54, 1.807) is 36.7 Å². The summed E-state index contributed by atoms with van der Waals surface area (Å²) in [5.74, 6) is 0.000469. The fourth-order valence-electron chi connectivity index (χ4n) is 3.59. The maximum atomic E-state index is 13.1. The van der Waals surface area contributed by atoms with Crippen molar-refractivity contribution in [3.63, 3.8) is 0 Å². The van der Waals surface area contributed by atoms with Crippen LogP contribution in [0.15, 0.2) is 48.8 Å². The first-order chi connectivity index (χ1) is 12.1. The Morgan fingerprint density at radius 1 is 1.32 bits per heavy atom. The van der Waals surface area contributed by atoms with Crippen LogP contribution in [0.5, 0.6) is 0 Å². The number of likely N-dealkylation sites (tertiary alicyclic amines) is 1. The molecule has 1 aliphatic rings. The molecule has 0 unspecified atom stereocenters. The topological polar surface area (TPSA) is 60.2 Å². The number of likely N-dealkylation sites (N-methyl/N-ethyl adjacent to an activating group) is 1. The number of carbonyl (C=O) groups is 1. The van der Waals surface area contributed by atoms with E-state index < -0.39 is 0 Å². The van der Waals surface area contributed by atoms with Gasteiger partial charge < -0.3 is 9.80 Å². The van der Waals surface area contributed by atoms with Crippen molar-refractivity contribution in [2.75, 3.05) is 20.6 Å². The van der Waals surface area contributed by atoms with E-state index in [1.807, 2.05) is 17.0 Å². The summed E-state index contributed by atoms with van der Waals surface area (Å²) in [6, 6.07) is 13.5. The monoisotopic (exact) mass is 334 g/mol. The van der Waals surface area contributed by atoms with Crippen LogP contribution in [0.4, 0.5) is 0 Å². The molecular formula is C20H22N4O. The Morgan fingerprint density at radius 3 is 2.76 bits per heavy atom. The molecule has 0 N–H and O–H groups in total. The summed E-state index contributed by atoms with van der Waals surface area (Å²) in [6.07, 6.45) is 5.33. The number of hydrogen-bond donors (Lipinski definition) is 0. The smallest absolute Gasteiger partial charge is 0.254 e. The van der Waals surface area contributed by atoms with Crippen molar-refractivity contribution in [1.82, 2.24) is 14.8 Å². The van der Waals surface area contributed by atoms with E-state index >= 15 is 0 Å². The second-order valence-corrected chi connectivity index (χ2v) is 6.64. The van der Waals surface area contributed by atoms with Crippen molar-refractivity contribution in [1.29, 1.82) is 5.26 Å². The molecule has 1 saturated heterocycles. The Labute approximate surface area is 148 Å². The number of aromatic nitrogens is 1. The highest BCUT2D eigenvalue weighted by molar-refractivity contribution is 5.95. The Kier molecular flexibility index (Phi) is 5.11. The Bertz CT molecular complexity index is 782. The minimum Gasteiger partial charge on any atom is -0.334 e. The zero-order valence-corrected chi connectivity index (χ0v) is 14.6. The van der Waals surface area contributed by atoms with Gasteiger partial charge in [-0.15, -0.1) is 0 Å². The van der Waals surface area contributed by atoms with Gasteiger partial charge in [0, 0.05) is 30.5 Å². The number of rotatable bonds is 4. The van der Waals surface area contributed by atoms with Gasteiger partial charge in [0.2, 0.25) is 0 Å². The summed E-state index contributed by atoms with van der Waals surface area (Å²) in [4.78, 5) is 21.3. The molecule has 1 aromatic heterocycles. The standard InChI is InChI=1S/C20H22N4O/c1-23(2)18-8-11-24(19(18)13-15-6-9-22-10-7-15)20(25)17-5-3-4-16(12-17)14-21/h3-7,9-10,12,18-19H,8,11,13H2,1-2H3/t18-,19+/m1/s1. The number of amides is 1. The molecule has 0 saturated carbocycles. The zero-order valence-electron chi connectivity index (χ0n) is 14.6. The average molecular weight is 334 g/mol. The summed E-state index contributed by atoms with van der Waals surface area (Å²) in [5.41, 5.74) is 2.27. The lowest BCUT2D eigenvalue weighted by atomic mass is 9.99. The number of pyridine rings is 1. The minimum atomic E-state index is 0.000469. The third-order valence-corrected chi connectivity index (χ3v) is 4.87. The first-order valence-corrected chi connectivity index (χ1v) is 8.46. The van der Waals surface area contributed by atoms with E-state index in [9.17, 15) is 4.79 Å². The maximum absolute atomic E-state index is 13.1. The molecular weight excluding hydrogens is 312 g/mol. The van der Waals surface area contributed by atoms with Gasteiger partial charge in [-0.25, -0.2) is 0 Å². The SMILES string of the molecule is CN(C)[C@@H]1CCN(C(=O)c2cccc(C#N)c2)[C@H]1Cc1ccncc1. The molecule has 2 atom stereocenters. The quantitative estimate of drug-likeness (QED) is 0.861. The Morgan fingerprint density at radius 2 is 2.08 bits per heavy atom. The third kappa shape index (κ3) is 3.70. The molecule has 5 heteroatoms. The number of carbonyl (C=O) groups excluding carboxylic acids is 1. The van der Waals surface area contributed by atoms with Gasteiger partial charge in [0.05, 0.1) is 17.7 Å². The molecule has 25 heavy (non-hydrogen) atoms. The molecule has 2 aromatic rings. The molecule has 0 spiro atoms. The second kappa shape index (κ2) is 7.45. The number of benzene rings is 1. The molecule has 5 nitrogen and oxygen atoms in total. The van der Waals surface area contributed by atoms with Gasteiger partial charge in [0.1, 0.15) is 0 Å². The molecule has 1 amide bonds. The lowest BCUT2D eigenvalue weighted by Gasteiger charge is -2.31. The minimum absolute atomic E-state index is 0.000469. The number of nitrogens with zero attached hydrogens (tertiary/aromatic N) is 4. The van der Waals surface area contributed by atoms with Crippen molar-refractivity contribution in [3.8, 4) is 6.07 Å². The van der Waals surface area contributed by atoms with Gasteiger partial charge in [-0.1, -0.05) is 6.07 Å². The fraction of sp³-hybridized carbons (Fsp3) is 0.350. The Hall–Kier alpha value is -2.71. The van der Waals surface area contributed by atoms with E-state index in [0.29, 0.717) is 17.2 Å². The van der Waals surface area contributed by atoms with E-state index in [0.717, 1.165) is 19.4 Å². The largest absolute Gasteiger partial charge is 0.334 e. The maximum Gasteiger partial charge on any atom is 0.254 e. The van der Waals surface area contributed by atoms with E-state index in [4.69, 9.17) is 5.26 Å². The van der Waals surface area contributed by atoms with Crippen molar-refractivity contribution >= 4 is 5.91 Å². The van der Waals surface area contributed by atoms with Crippen LogP contribution in [-0.2, 0) is 6.42 Å². The summed E-state index contributed by atoms with van der Waals surface area (Å²) in [6.45, 7) is 0.730.